The number of nitrogens with one attached hydrogen (secondary N) is 1. The molecule has 2 atom stereocenters. The molecule has 28 heavy (non-hydrogen) atoms. The summed E-state index contributed by atoms with van der Waals surface area (Å²) in [6.45, 7) is 0.478. The van der Waals surface area contributed by atoms with E-state index in [1.807, 2.05) is 16.5 Å². The fraction of sp³-hybridized carbons (Fsp3) is 0.476. The van der Waals surface area contributed by atoms with Crippen molar-refractivity contribution in [1.82, 2.24) is 19.8 Å². The van der Waals surface area contributed by atoms with Crippen LogP contribution in [0.5, 0.6) is 0 Å². The van der Waals surface area contributed by atoms with Crippen molar-refractivity contribution >= 4 is 11.8 Å². The Morgan fingerprint density at radius 2 is 1.96 bits per heavy atom. The molecular formula is C21H25FN4O2. The SMILES string of the molecule is Cn1ccnc1[C@@H](NC(=O)[C@@H]1CC(=O)N(C2CCCC2)C1)c1ccc(F)cc1. The Labute approximate surface area is 163 Å². The largest absolute Gasteiger partial charge is 0.342 e. The smallest absolute Gasteiger partial charge is 0.226 e. The summed E-state index contributed by atoms with van der Waals surface area (Å²) in [5.74, 6) is -0.121. The Hall–Kier alpha value is -2.70. The van der Waals surface area contributed by atoms with Gasteiger partial charge in [-0.3, -0.25) is 9.59 Å². The average molecular weight is 384 g/mol. The molecule has 2 amide bonds. The third-order valence-electron chi connectivity index (χ3n) is 5.90. The molecule has 6 nitrogen and oxygen atoms in total. The molecule has 1 aliphatic carbocycles. The normalized spacial score (nSPS) is 21.3. The minimum Gasteiger partial charge on any atom is -0.342 e. The molecule has 2 aromatic rings. The van der Waals surface area contributed by atoms with Crippen LogP contribution in [0.15, 0.2) is 36.7 Å². The Morgan fingerprint density at radius 3 is 2.61 bits per heavy atom. The van der Waals surface area contributed by atoms with E-state index < -0.39 is 6.04 Å². The lowest BCUT2D eigenvalue weighted by Crippen LogP contribution is -2.38. The molecule has 2 heterocycles. The predicted octanol–water partition coefficient (Wildman–Crippen LogP) is 2.56. The number of hydrogen-bond acceptors (Lipinski definition) is 3. The van der Waals surface area contributed by atoms with E-state index in [1.54, 1.807) is 24.5 Å². The first kappa shape index (κ1) is 18.7. The molecule has 1 aromatic heterocycles. The van der Waals surface area contributed by atoms with Crippen molar-refractivity contribution in [2.24, 2.45) is 13.0 Å². The number of likely N-dealkylation sites (tertiary alicyclic amines) is 1. The van der Waals surface area contributed by atoms with Gasteiger partial charge in [-0.05, 0) is 30.5 Å². The molecule has 0 unspecified atom stereocenters. The summed E-state index contributed by atoms with van der Waals surface area (Å²) in [6.07, 6.45) is 8.09. The molecule has 2 aliphatic rings. The van der Waals surface area contributed by atoms with Crippen LogP contribution in [0.4, 0.5) is 4.39 Å². The Morgan fingerprint density at radius 1 is 1.25 bits per heavy atom. The lowest BCUT2D eigenvalue weighted by atomic mass is 10.0. The number of amides is 2. The lowest BCUT2D eigenvalue weighted by Gasteiger charge is -2.24. The highest BCUT2D eigenvalue weighted by Gasteiger charge is 2.39. The van der Waals surface area contributed by atoms with E-state index in [0.717, 1.165) is 31.2 Å². The van der Waals surface area contributed by atoms with E-state index in [0.29, 0.717) is 12.4 Å². The summed E-state index contributed by atoms with van der Waals surface area (Å²) in [4.78, 5) is 31.7. The monoisotopic (exact) mass is 384 g/mol. The lowest BCUT2D eigenvalue weighted by molar-refractivity contribution is -0.130. The summed E-state index contributed by atoms with van der Waals surface area (Å²) in [5.41, 5.74) is 0.751. The number of carbonyl (C=O) groups excluding carboxylic acids is 2. The maximum atomic E-state index is 13.4. The van der Waals surface area contributed by atoms with E-state index in [-0.39, 0.29) is 36.0 Å². The first-order chi connectivity index (χ1) is 13.5. The van der Waals surface area contributed by atoms with Crippen LogP contribution in [0.1, 0.15) is 49.5 Å². The highest BCUT2D eigenvalue weighted by Crippen LogP contribution is 2.30. The van der Waals surface area contributed by atoms with Gasteiger partial charge in [0.05, 0.1) is 5.92 Å². The molecule has 1 saturated carbocycles. The number of nitrogens with zero attached hydrogens (tertiary/aromatic N) is 3. The van der Waals surface area contributed by atoms with Crippen LogP contribution in [-0.2, 0) is 16.6 Å². The van der Waals surface area contributed by atoms with Gasteiger partial charge in [-0.15, -0.1) is 0 Å². The van der Waals surface area contributed by atoms with Crippen LogP contribution < -0.4 is 5.32 Å². The molecule has 0 spiro atoms. The van der Waals surface area contributed by atoms with E-state index >= 15 is 0 Å². The standard InChI is InChI=1S/C21H25FN4O2/c1-25-11-10-23-20(25)19(14-6-8-16(22)9-7-14)24-21(28)15-12-18(27)26(13-15)17-4-2-3-5-17/h6-11,15,17,19H,2-5,12-13H2,1H3,(H,24,28)/t15-,19+/m1/s1. The van der Waals surface area contributed by atoms with E-state index in [9.17, 15) is 14.0 Å². The molecule has 0 bridgehead atoms. The van der Waals surface area contributed by atoms with Crippen molar-refractivity contribution in [1.29, 1.82) is 0 Å². The molecule has 1 N–H and O–H groups in total. The fourth-order valence-electron chi connectivity index (χ4n) is 4.34. The minimum absolute atomic E-state index is 0.0716. The maximum Gasteiger partial charge on any atom is 0.226 e. The van der Waals surface area contributed by atoms with Crippen LogP contribution in [0.2, 0.25) is 0 Å². The second-order valence-electron chi connectivity index (χ2n) is 7.77. The van der Waals surface area contributed by atoms with Crippen LogP contribution in [0, 0.1) is 11.7 Å². The molecule has 148 valence electrons. The van der Waals surface area contributed by atoms with Gasteiger partial charge < -0.3 is 14.8 Å². The zero-order valence-electron chi connectivity index (χ0n) is 16.0. The van der Waals surface area contributed by atoms with Crippen LogP contribution in [-0.4, -0.2) is 38.9 Å². The number of imidazole rings is 1. The minimum atomic E-state index is -0.497. The number of benzene rings is 1. The number of aromatic nitrogens is 2. The Bertz CT molecular complexity index is 858. The van der Waals surface area contributed by atoms with Crippen molar-refractivity contribution in [3.8, 4) is 0 Å². The molecule has 4 rings (SSSR count). The quantitative estimate of drug-likeness (QED) is 0.862. The first-order valence-electron chi connectivity index (χ1n) is 9.85. The van der Waals surface area contributed by atoms with Gasteiger partial charge in [-0.25, -0.2) is 9.37 Å². The molecule has 1 aromatic carbocycles. The number of halogens is 1. The second-order valence-corrected chi connectivity index (χ2v) is 7.77. The number of hydrogen-bond donors (Lipinski definition) is 1. The average Bonchev–Trinajstić information content (AvgIpc) is 3.41. The van der Waals surface area contributed by atoms with Crippen LogP contribution in [0.25, 0.3) is 0 Å². The summed E-state index contributed by atoms with van der Waals surface area (Å²) < 4.78 is 15.2. The summed E-state index contributed by atoms with van der Waals surface area (Å²) in [6, 6.07) is 5.84. The fourth-order valence-corrected chi connectivity index (χ4v) is 4.34. The molecule has 1 aliphatic heterocycles. The van der Waals surface area contributed by atoms with Crippen LogP contribution in [0.3, 0.4) is 0 Å². The van der Waals surface area contributed by atoms with Gasteiger partial charge in [0.25, 0.3) is 0 Å². The van der Waals surface area contributed by atoms with E-state index in [2.05, 4.69) is 10.3 Å². The molecular weight excluding hydrogens is 359 g/mol. The third-order valence-corrected chi connectivity index (χ3v) is 5.90. The number of rotatable bonds is 5. The molecule has 1 saturated heterocycles. The summed E-state index contributed by atoms with van der Waals surface area (Å²) in [5, 5.41) is 3.05. The zero-order chi connectivity index (χ0) is 19.7. The second kappa shape index (κ2) is 7.73. The highest BCUT2D eigenvalue weighted by molar-refractivity contribution is 5.89. The van der Waals surface area contributed by atoms with Gasteiger partial charge in [0.1, 0.15) is 17.7 Å². The third kappa shape index (κ3) is 3.66. The van der Waals surface area contributed by atoms with Crippen molar-refractivity contribution in [3.63, 3.8) is 0 Å². The summed E-state index contributed by atoms with van der Waals surface area (Å²) in [7, 11) is 1.85. The predicted molar refractivity (Wildman–Crippen MR) is 102 cm³/mol. The number of aryl methyl sites for hydroxylation is 1. The van der Waals surface area contributed by atoms with Crippen LogP contribution >= 0.6 is 0 Å². The van der Waals surface area contributed by atoms with Crippen molar-refractivity contribution in [2.75, 3.05) is 6.54 Å². The van der Waals surface area contributed by atoms with Gasteiger partial charge in [0.15, 0.2) is 0 Å². The topological polar surface area (TPSA) is 67.2 Å². The van der Waals surface area contributed by atoms with Crippen molar-refractivity contribution in [2.45, 2.75) is 44.2 Å². The Balaban J connectivity index is 1.52. The van der Waals surface area contributed by atoms with Gasteiger partial charge in [0, 0.05) is 38.4 Å². The molecule has 2 fully saturated rings. The highest BCUT2D eigenvalue weighted by atomic mass is 19.1. The summed E-state index contributed by atoms with van der Waals surface area (Å²) >= 11 is 0. The van der Waals surface area contributed by atoms with Gasteiger partial charge in [-0.1, -0.05) is 25.0 Å². The zero-order valence-corrected chi connectivity index (χ0v) is 16.0. The van der Waals surface area contributed by atoms with Gasteiger partial charge in [-0.2, -0.15) is 0 Å². The molecule has 7 heteroatoms. The van der Waals surface area contributed by atoms with Gasteiger partial charge in [0.2, 0.25) is 11.8 Å². The first-order valence-corrected chi connectivity index (χ1v) is 9.85. The van der Waals surface area contributed by atoms with E-state index in [1.165, 1.54) is 12.1 Å². The maximum absolute atomic E-state index is 13.4. The van der Waals surface area contributed by atoms with Gasteiger partial charge >= 0.3 is 0 Å². The molecule has 0 radical (unpaired) electrons. The number of carbonyl (C=O) groups is 2. The van der Waals surface area contributed by atoms with E-state index in [4.69, 9.17) is 0 Å². The van der Waals surface area contributed by atoms with Crippen molar-refractivity contribution in [3.05, 3.63) is 53.9 Å². The Kier molecular flexibility index (Phi) is 5.15. The van der Waals surface area contributed by atoms with Crippen molar-refractivity contribution < 1.29 is 14.0 Å².